The summed E-state index contributed by atoms with van der Waals surface area (Å²) in [5.74, 6) is -3.28. The molecule has 1 unspecified atom stereocenters. The van der Waals surface area contributed by atoms with Crippen molar-refractivity contribution in [1.29, 1.82) is 5.26 Å². The first-order valence-electron chi connectivity index (χ1n) is 4.58. The van der Waals surface area contributed by atoms with E-state index in [2.05, 4.69) is 0 Å². The number of hydrogen-bond acceptors (Lipinski definition) is 2. The molecule has 0 saturated carbocycles. The zero-order chi connectivity index (χ0) is 13.2. The van der Waals surface area contributed by atoms with Gasteiger partial charge in [0.25, 0.3) is 0 Å². The summed E-state index contributed by atoms with van der Waals surface area (Å²) in [6.07, 6.45) is -4.86. The van der Waals surface area contributed by atoms with Gasteiger partial charge in [0.2, 0.25) is 0 Å². The van der Waals surface area contributed by atoms with Gasteiger partial charge in [-0.15, -0.1) is 0 Å². The van der Waals surface area contributed by atoms with E-state index in [1.165, 1.54) is 6.92 Å². The Morgan fingerprint density at radius 2 is 2.00 bits per heavy atom. The van der Waals surface area contributed by atoms with Gasteiger partial charge >= 0.3 is 6.18 Å². The molecule has 2 nitrogen and oxygen atoms in total. The topological polar surface area (TPSA) is 40.9 Å². The molecule has 0 aliphatic carbocycles. The van der Waals surface area contributed by atoms with E-state index in [-0.39, 0.29) is 5.56 Å². The number of benzene rings is 1. The zero-order valence-electron chi connectivity index (χ0n) is 8.68. The zero-order valence-corrected chi connectivity index (χ0v) is 8.68. The minimum Gasteiger partial charge on any atom is -0.293 e. The Hall–Kier alpha value is -1.90. The third-order valence-corrected chi connectivity index (χ3v) is 2.14. The first-order chi connectivity index (χ1) is 7.77. The quantitative estimate of drug-likeness (QED) is 0.593. The van der Waals surface area contributed by atoms with Gasteiger partial charge in [-0.05, 0) is 25.1 Å². The van der Waals surface area contributed by atoms with E-state index in [0.717, 1.165) is 6.07 Å². The molecular weight excluding hydrogens is 238 g/mol. The Morgan fingerprint density at radius 1 is 1.41 bits per heavy atom. The second-order valence-electron chi connectivity index (χ2n) is 3.41. The molecule has 1 aromatic carbocycles. The van der Waals surface area contributed by atoms with Crippen molar-refractivity contribution in [1.82, 2.24) is 0 Å². The third-order valence-electron chi connectivity index (χ3n) is 2.14. The molecule has 1 aromatic rings. The van der Waals surface area contributed by atoms with Crippen molar-refractivity contribution in [3.8, 4) is 6.07 Å². The summed E-state index contributed by atoms with van der Waals surface area (Å²) in [7, 11) is 0. The minimum absolute atomic E-state index is 0.326. The van der Waals surface area contributed by atoms with Crippen LogP contribution >= 0.6 is 0 Å². The summed E-state index contributed by atoms with van der Waals surface area (Å²) in [6.45, 7) is 1.26. The normalized spacial score (nSPS) is 12.9. The highest BCUT2D eigenvalue weighted by Gasteiger charge is 2.34. The lowest BCUT2D eigenvalue weighted by Gasteiger charge is -2.10. The molecule has 0 N–H and O–H groups in total. The predicted octanol–water partition coefficient (Wildman–Crippen LogP) is 3.19. The van der Waals surface area contributed by atoms with Gasteiger partial charge < -0.3 is 0 Å². The number of rotatable bonds is 2. The molecule has 0 amide bonds. The van der Waals surface area contributed by atoms with Crippen LogP contribution < -0.4 is 0 Å². The molecular formula is C11H7F4NO. The van der Waals surface area contributed by atoms with Gasteiger partial charge in [0, 0.05) is 5.56 Å². The van der Waals surface area contributed by atoms with Crippen molar-refractivity contribution in [3.63, 3.8) is 0 Å². The second-order valence-corrected chi connectivity index (χ2v) is 3.41. The lowest BCUT2D eigenvalue weighted by molar-refractivity contribution is -0.140. The van der Waals surface area contributed by atoms with E-state index in [1.54, 1.807) is 6.07 Å². The first kappa shape index (κ1) is 13.2. The minimum atomic E-state index is -4.86. The van der Waals surface area contributed by atoms with Crippen molar-refractivity contribution < 1.29 is 22.4 Å². The summed E-state index contributed by atoms with van der Waals surface area (Å²) in [5.41, 5.74) is -1.83. The number of carbonyl (C=O) groups excluding carboxylic acids is 1. The fourth-order valence-electron chi connectivity index (χ4n) is 1.20. The number of carbonyl (C=O) groups is 1. The Kier molecular flexibility index (Phi) is 3.51. The molecule has 0 bridgehead atoms. The van der Waals surface area contributed by atoms with E-state index in [4.69, 9.17) is 5.26 Å². The summed E-state index contributed by atoms with van der Waals surface area (Å²) in [4.78, 5) is 11.5. The van der Waals surface area contributed by atoms with Crippen molar-refractivity contribution >= 4 is 5.78 Å². The molecule has 1 atom stereocenters. The van der Waals surface area contributed by atoms with Crippen LogP contribution in [0.25, 0.3) is 0 Å². The van der Waals surface area contributed by atoms with Gasteiger partial charge in [0.1, 0.15) is 11.7 Å². The summed E-state index contributed by atoms with van der Waals surface area (Å²) in [5, 5.41) is 8.48. The lowest BCUT2D eigenvalue weighted by atomic mass is 9.98. The molecule has 17 heavy (non-hydrogen) atoms. The molecule has 0 radical (unpaired) electrons. The monoisotopic (exact) mass is 245 g/mol. The number of nitriles is 1. The van der Waals surface area contributed by atoms with Gasteiger partial charge in [-0.3, -0.25) is 4.79 Å². The smallest absolute Gasteiger partial charge is 0.293 e. The number of Topliss-reactive ketones (excluding diaryl/α,β-unsaturated/α-hetero) is 1. The fraction of sp³-hybridized carbons (Fsp3) is 0.273. The fourth-order valence-corrected chi connectivity index (χ4v) is 1.20. The molecule has 0 aliphatic rings. The van der Waals surface area contributed by atoms with Gasteiger partial charge in [0.05, 0.1) is 11.6 Å². The molecule has 0 aromatic heterocycles. The number of halogens is 4. The molecule has 0 spiro atoms. The number of nitrogens with zero attached hydrogens (tertiary/aromatic N) is 1. The molecule has 90 valence electrons. The van der Waals surface area contributed by atoms with E-state index in [9.17, 15) is 22.4 Å². The number of ketones is 1. The Balaban J connectivity index is 3.23. The molecule has 0 aliphatic heterocycles. The predicted molar refractivity (Wildman–Crippen MR) is 50.5 cm³/mol. The highest BCUT2D eigenvalue weighted by atomic mass is 19.4. The van der Waals surface area contributed by atoms with Crippen LogP contribution in [0.1, 0.15) is 22.8 Å². The van der Waals surface area contributed by atoms with E-state index >= 15 is 0 Å². The maximum Gasteiger partial charge on any atom is 0.419 e. The highest BCUT2D eigenvalue weighted by molar-refractivity contribution is 5.99. The van der Waals surface area contributed by atoms with Crippen LogP contribution in [0, 0.1) is 23.1 Å². The van der Waals surface area contributed by atoms with Crippen LogP contribution in [0.3, 0.4) is 0 Å². The van der Waals surface area contributed by atoms with Crippen molar-refractivity contribution in [2.75, 3.05) is 0 Å². The first-order valence-corrected chi connectivity index (χ1v) is 4.58. The standard InChI is InChI=1S/C11H7F4NO/c1-6(5-16)10(17)7-2-3-9(12)8(4-7)11(13,14)15/h2-4,6H,1H3. The largest absolute Gasteiger partial charge is 0.419 e. The summed E-state index contributed by atoms with van der Waals surface area (Å²) >= 11 is 0. The van der Waals surface area contributed by atoms with Crippen LogP contribution in [0.5, 0.6) is 0 Å². The summed E-state index contributed by atoms with van der Waals surface area (Å²) < 4.78 is 50.0. The average molecular weight is 245 g/mol. The SMILES string of the molecule is CC(C#N)C(=O)c1ccc(F)c(C(F)(F)F)c1. The van der Waals surface area contributed by atoms with E-state index in [0.29, 0.717) is 12.1 Å². The Bertz CT molecular complexity index is 487. The third kappa shape index (κ3) is 2.81. The Morgan fingerprint density at radius 3 is 2.47 bits per heavy atom. The Labute approximate surface area is 94.5 Å². The van der Waals surface area contributed by atoms with Crippen LogP contribution in [-0.4, -0.2) is 5.78 Å². The summed E-state index contributed by atoms with van der Waals surface area (Å²) in [6, 6.07) is 3.53. The lowest BCUT2D eigenvalue weighted by Crippen LogP contribution is -2.13. The van der Waals surface area contributed by atoms with Gasteiger partial charge in [-0.1, -0.05) is 0 Å². The van der Waals surface area contributed by atoms with E-state index < -0.39 is 29.3 Å². The van der Waals surface area contributed by atoms with E-state index in [1.807, 2.05) is 0 Å². The maximum atomic E-state index is 12.9. The van der Waals surface area contributed by atoms with Crippen molar-refractivity contribution in [2.24, 2.45) is 5.92 Å². The van der Waals surface area contributed by atoms with Crippen molar-refractivity contribution in [2.45, 2.75) is 13.1 Å². The van der Waals surface area contributed by atoms with Gasteiger partial charge in [-0.2, -0.15) is 18.4 Å². The second kappa shape index (κ2) is 4.53. The molecule has 1 rings (SSSR count). The maximum absolute atomic E-state index is 12.9. The molecule has 0 heterocycles. The van der Waals surface area contributed by atoms with Crippen LogP contribution in [0.2, 0.25) is 0 Å². The highest BCUT2D eigenvalue weighted by Crippen LogP contribution is 2.32. The molecule has 6 heteroatoms. The number of alkyl halides is 3. The van der Waals surface area contributed by atoms with Crippen LogP contribution in [-0.2, 0) is 6.18 Å². The molecule has 0 saturated heterocycles. The van der Waals surface area contributed by atoms with Crippen LogP contribution in [0.4, 0.5) is 17.6 Å². The number of hydrogen-bond donors (Lipinski definition) is 0. The average Bonchev–Trinajstić information content (AvgIpc) is 2.26. The molecule has 0 fully saturated rings. The van der Waals surface area contributed by atoms with Gasteiger partial charge in [-0.25, -0.2) is 4.39 Å². The van der Waals surface area contributed by atoms with Crippen molar-refractivity contribution in [3.05, 3.63) is 35.1 Å². The van der Waals surface area contributed by atoms with Gasteiger partial charge in [0.15, 0.2) is 5.78 Å². The van der Waals surface area contributed by atoms with Crippen LogP contribution in [0.15, 0.2) is 18.2 Å².